The molecule has 0 N–H and O–H groups in total. The molecule has 0 radical (unpaired) electrons. The number of halogens is 2. The SMILES string of the molecule is CCCCCCCCCCCCCCC1C[C@]23CC(CCCCCCCCCCCCCC)C[C@@]2(C1)c1cc(Br)ccc1-c1ccc(Br)cc13. The summed E-state index contributed by atoms with van der Waals surface area (Å²) < 4.78 is 2.54. The van der Waals surface area contributed by atoms with Crippen LogP contribution in [0.4, 0.5) is 0 Å². The van der Waals surface area contributed by atoms with Gasteiger partial charge >= 0.3 is 0 Å². The summed E-state index contributed by atoms with van der Waals surface area (Å²) in [6.45, 7) is 4.63. The van der Waals surface area contributed by atoms with Crippen LogP contribution in [0.3, 0.4) is 0 Å². The quantitative estimate of drug-likeness (QED) is 0.0831. The van der Waals surface area contributed by atoms with E-state index in [1.807, 2.05) is 0 Å². The first-order valence-corrected chi connectivity index (χ1v) is 23.7. The molecule has 0 amide bonds. The average molecular weight is 811 g/mol. The molecule has 0 atom stereocenters. The van der Waals surface area contributed by atoms with Gasteiger partial charge in [0.05, 0.1) is 0 Å². The van der Waals surface area contributed by atoms with Gasteiger partial charge in [0.1, 0.15) is 0 Å². The molecule has 5 rings (SSSR count). The van der Waals surface area contributed by atoms with Crippen molar-refractivity contribution in [1.82, 2.24) is 0 Å². The minimum atomic E-state index is 0.309. The van der Waals surface area contributed by atoms with E-state index in [4.69, 9.17) is 0 Å². The van der Waals surface area contributed by atoms with Crippen molar-refractivity contribution in [3.05, 3.63) is 56.5 Å². The molecule has 280 valence electrons. The van der Waals surface area contributed by atoms with E-state index in [1.165, 1.54) is 213 Å². The van der Waals surface area contributed by atoms with Crippen molar-refractivity contribution in [2.75, 3.05) is 0 Å². The monoisotopic (exact) mass is 808 g/mol. The molecule has 0 spiro atoms. The van der Waals surface area contributed by atoms with Crippen LogP contribution in [0, 0.1) is 11.8 Å². The van der Waals surface area contributed by atoms with E-state index in [1.54, 1.807) is 11.1 Å². The Kier molecular flexibility index (Phi) is 17.3. The van der Waals surface area contributed by atoms with E-state index in [0.717, 1.165) is 11.8 Å². The molecule has 0 nitrogen and oxygen atoms in total. The number of unbranched alkanes of at least 4 members (excludes halogenated alkanes) is 22. The standard InChI is InChI=1S/C48H74Br2/c1-3-5-7-9-11-13-15-17-19-21-23-25-27-39-35-47-37-40(28-26-24-22-20-18-16-14-12-10-8-6-4-2)38-48(47,36-39)46-34-42(50)30-32-44(46)43-31-29-41(49)33-45(43)47/h29-34,39-40H,3-28,35-38H2,1-2H3/t39?,40?,47-,48+. The lowest BCUT2D eigenvalue weighted by molar-refractivity contribution is 0.299. The smallest absolute Gasteiger partial charge is 0.0178 e. The summed E-state index contributed by atoms with van der Waals surface area (Å²) in [5.41, 5.74) is 7.06. The van der Waals surface area contributed by atoms with Crippen LogP contribution >= 0.6 is 31.9 Å². The fourth-order valence-electron chi connectivity index (χ4n) is 11.3. The van der Waals surface area contributed by atoms with Crippen LogP contribution in [-0.4, -0.2) is 0 Å². The maximum Gasteiger partial charge on any atom is 0.0178 e. The van der Waals surface area contributed by atoms with Gasteiger partial charge < -0.3 is 0 Å². The predicted octanol–water partition coefficient (Wildman–Crippen LogP) is 17.4. The molecule has 3 aliphatic rings. The highest BCUT2D eigenvalue weighted by Gasteiger charge is 2.66. The lowest BCUT2D eigenvalue weighted by Crippen LogP contribution is -2.43. The molecule has 0 heterocycles. The van der Waals surface area contributed by atoms with Crippen LogP contribution in [0.2, 0.25) is 0 Å². The van der Waals surface area contributed by atoms with Gasteiger partial charge in [0.15, 0.2) is 0 Å². The van der Waals surface area contributed by atoms with Gasteiger partial charge in [-0.05, 0) is 84.0 Å². The van der Waals surface area contributed by atoms with Crippen LogP contribution in [0.1, 0.15) is 218 Å². The van der Waals surface area contributed by atoms with E-state index in [9.17, 15) is 0 Å². The van der Waals surface area contributed by atoms with Crippen LogP contribution in [0.15, 0.2) is 45.3 Å². The summed E-state index contributed by atoms with van der Waals surface area (Å²) >= 11 is 7.89. The fraction of sp³-hybridized carbons (Fsp3) is 0.750. The molecule has 2 saturated carbocycles. The van der Waals surface area contributed by atoms with E-state index in [-0.39, 0.29) is 0 Å². The molecule has 0 saturated heterocycles. The first kappa shape index (κ1) is 40.6. The van der Waals surface area contributed by atoms with Crippen molar-refractivity contribution in [2.45, 2.75) is 217 Å². The van der Waals surface area contributed by atoms with Gasteiger partial charge in [-0.15, -0.1) is 0 Å². The van der Waals surface area contributed by atoms with Crippen LogP contribution in [-0.2, 0) is 10.8 Å². The summed E-state index contributed by atoms with van der Waals surface area (Å²) in [5.74, 6) is 1.73. The van der Waals surface area contributed by atoms with Crippen molar-refractivity contribution < 1.29 is 0 Å². The van der Waals surface area contributed by atoms with Gasteiger partial charge in [-0.1, -0.05) is 225 Å². The Hall–Kier alpha value is -0.600. The summed E-state index contributed by atoms with van der Waals surface area (Å²) in [6.07, 6.45) is 43.2. The number of rotatable bonds is 26. The van der Waals surface area contributed by atoms with Crippen molar-refractivity contribution in [3.63, 3.8) is 0 Å². The van der Waals surface area contributed by atoms with Gasteiger partial charge in [0.2, 0.25) is 0 Å². The second-order valence-electron chi connectivity index (χ2n) is 17.4. The molecule has 0 unspecified atom stereocenters. The molecular formula is C48H74Br2. The lowest BCUT2D eigenvalue weighted by atomic mass is 9.55. The molecule has 2 fully saturated rings. The number of hydrogen-bond donors (Lipinski definition) is 0. The Balaban J connectivity index is 1.14. The summed E-state index contributed by atoms with van der Waals surface area (Å²) in [6, 6.07) is 14.6. The highest BCUT2D eigenvalue weighted by Crippen LogP contribution is 2.72. The zero-order chi connectivity index (χ0) is 35.1. The molecule has 0 aliphatic heterocycles. The Bertz CT molecular complexity index is 1150. The van der Waals surface area contributed by atoms with Gasteiger partial charge in [0, 0.05) is 19.8 Å². The van der Waals surface area contributed by atoms with E-state index in [2.05, 4.69) is 82.1 Å². The van der Waals surface area contributed by atoms with Crippen LogP contribution in [0.25, 0.3) is 11.1 Å². The number of fused-ring (bicyclic) bond motifs is 3. The number of benzene rings is 2. The third kappa shape index (κ3) is 10.5. The van der Waals surface area contributed by atoms with Crippen molar-refractivity contribution >= 4 is 31.9 Å². The fourth-order valence-corrected chi connectivity index (χ4v) is 12.0. The van der Waals surface area contributed by atoms with Gasteiger partial charge in [-0.25, -0.2) is 0 Å². The Morgan fingerprint density at radius 2 is 0.700 bits per heavy atom. The highest BCUT2D eigenvalue weighted by atomic mass is 79.9. The van der Waals surface area contributed by atoms with Crippen molar-refractivity contribution in [2.24, 2.45) is 11.8 Å². The molecular weight excluding hydrogens is 736 g/mol. The van der Waals surface area contributed by atoms with E-state index in [0.29, 0.717) is 10.8 Å². The largest absolute Gasteiger partial charge is 0.0654 e. The second kappa shape index (κ2) is 21.3. The first-order valence-electron chi connectivity index (χ1n) is 22.1. The predicted molar refractivity (Wildman–Crippen MR) is 227 cm³/mol. The third-order valence-corrected chi connectivity index (χ3v) is 14.7. The zero-order valence-electron chi connectivity index (χ0n) is 32.6. The zero-order valence-corrected chi connectivity index (χ0v) is 35.8. The molecule has 2 heteroatoms. The maximum atomic E-state index is 3.94. The minimum Gasteiger partial charge on any atom is -0.0654 e. The summed E-state index contributed by atoms with van der Waals surface area (Å²) in [5, 5.41) is 0. The molecule has 2 aromatic rings. The van der Waals surface area contributed by atoms with Gasteiger partial charge in [0.25, 0.3) is 0 Å². The summed E-state index contributed by atoms with van der Waals surface area (Å²) in [7, 11) is 0. The minimum absolute atomic E-state index is 0.309. The van der Waals surface area contributed by atoms with E-state index < -0.39 is 0 Å². The highest BCUT2D eigenvalue weighted by molar-refractivity contribution is 9.10. The third-order valence-electron chi connectivity index (χ3n) is 13.7. The average Bonchev–Trinajstić information content (AvgIpc) is 3.60. The normalized spacial score (nSPS) is 23.5. The van der Waals surface area contributed by atoms with Crippen molar-refractivity contribution in [3.8, 4) is 11.1 Å². The number of hydrogen-bond acceptors (Lipinski definition) is 0. The molecule has 0 bridgehead atoms. The Morgan fingerprint density at radius 1 is 0.420 bits per heavy atom. The second-order valence-corrected chi connectivity index (χ2v) is 19.3. The Labute approximate surface area is 326 Å². The Morgan fingerprint density at radius 3 is 1.00 bits per heavy atom. The molecule has 50 heavy (non-hydrogen) atoms. The van der Waals surface area contributed by atoms with Gasteiger partial charge in [-0.3, -0.25) is 0 Å². The first-order chi connectivity index (χ1) is 24.5. The molecule has 2 aromatic carbocycles. The van der Waals surface area contributed by atoms with Crippen molar-refractivity contribution in [1.29, 1.82) is 0 Å². The van der Waals surface area contributed by atoms with Crippen LogP contribution < -0.4 is 0 Å². The summed E-state index contributed by atoms with van der Waals surface area (Å²) in [4.78, 5) is 0. The molecule has 0 aromatic heterocycles. The lowest BCUT2D eigenvalue weighted by Gasteiger charge is -2.47. The van der Waals surface area contributed by atoms with Crippen LogP contribution in [0.5, 0.6) is 0 Å². The maximum absolute atomic E-state index is 3.94. The van der Waals surface area contributed by atoms with Gasteiger partial charge in [-0.2, -0.15) is 0 Å². The molecule has 3 aliphatic carbocycles. The topological polar surface area (TPSA) is 0 Å². The van der Waals surface area contributed by atoms with E-state index >= 15 is 0 Å².